The van der Waals surface area contributed by atoms with Crippen molar-refractivity contribution in [1.29, 1.82) is 0 Å². The van der Waals surface area contributed by atoms with Gasteiger partial charge in [-0.3, -0.25) is 9.59 Å². The van der Waals surface area contributed by atoms with Gasteiger partial charge in [-0.25, -0.2) is 23.6 Å². The van der Waals surface area contributed by atoms with Gasteiger partial charge in [-0.1, -0.05) is 77.1 Å². The van der Waals surface area contributed by atoms with Gasteiger partial charge in [0.25, 0.3) is 0 Å². The normalized spacial score (nSPS) is 14.6. The first-order valence-corrected chi connectivity index (χ1v) is 21.0. The van der Waals surface area contributed by atoms with Gasteiger partial charge in [0.05, 0.1) is 27.1 Å². The number of hydrogen-bond donors (Lipinski definition) is 0. The fourth-order valence-electron chi connectivity index (χ4n) is 6.89. The van der Waals surface area contributed by atoms with Gasteiger partial charge in [0.1, 0.15) is 50.0 Å². The van der Waals surface area contributed by atoms with Crippen molar-refractivity contribution in [3.05, 3.63) is 102 Å². The van der Waals surface area contributed by atoms with Crippen molar-refractivity contribution < 1.29 is 66.3 Å². The average Bonchev–Trinajstić information content (AvgIpc) is 3.27. The summed E-state index contributed by atoms with van der Waals surface area (Å²) in [7, 11) is 2.27. The van der Waals surface area contributed by atoms with E-state index in [4.69, 9.17) is 23.7 Å². The van der Waals surface area contributed by atoms with Crippen LogP contribution in [0.4, 0.5) is 4.39 Å². The lowest BCUT2D eigenvalue weighted by atomic mass is 9.77. The molecule has 2 aromatic rings. The van der Waals surface area contributed by atoms with E-state index in [1.807, 2.05) is 6.07 Å². The van der Waals surface area contributed by atoms with Crippen LogP contribution in [0.3, 0.4) is 0 Å². The largest absolute Gasteiger partial charge is 0.493 e. The summed E-state index contributed by atoms with van der Waals surface area (Å²) in [6.45, 7) is 17.0. The Hall–Kier alpha value is -6.05. The zero-order valence-corrected chi connectivity index (χ0v) is 37.2. The molecule has 0 radical (unpaired) electrons. The molecule has 2 aromatic carbocycles. The number of carbonyl (C=O) groups excluding carboxylic acids is 6. The molecule has 3 rings (SSSR count). The van der Waals surface area contributed by atoms with Gasteiger partial charge in [0.2, 0.25) is 0 Å². The number of methoxy groups -OCH3 is 2. The predicted molar refractivity (Wildman–Crippen MR) is 232 cm³/mol. The molecular formula is C49H61FO13. The highest BCUT2D eigenvalue weighted by Gasteiger charge is 2.38. The van der Waals surface area contributed by atoms with E-state index < -0.39 is 86.3 Å². The third-order valence-electron chi connectivity index (χ3n) is 10.8. The highest BCUT2D eigenvalue weighted by atomic mass is 19.1. The second kappa shape index (κ2) is 25.2. The summed E-state index contributed by atoms with van der Waals surface area (Å²) in [6, 6.07) is 9.93. The number of benzene rings is 2. The van der Waals surface area contributed by atoms with Crippen molar-refractivity contribution in [3.8, 4) is 16.9 Å². The fraction of sp³-hybridized carbons (Fsp3) is 0.469. The maximum absolute atomic E-state index is 16.1. The van der Waals surface area contributed by atoms with E-state index in [9.17, 15) is 28.8 Å². The van der Waals surface area contributed by atoms with Crippen molar-refractivity contribution in [3.63, 3.8) is 0 Å². The number of unbranched alkanes of at least 4 members (excludes halogenated alkanes) is 2. The van der Waals surface area contributed by atoms with Crippen molar-refractivity contribution >= 4 is 35.8 Å². The van der Waals surface area contributed by atoms with Crippen LogP contribution >= 0.6 is 0 Å². The van der Waals surface area contributed by atoms with Gasteiger partial charge in [-0.2, -0.15) is 0 Å². The second-order valence-electron chi connectivity index (χ2n) is 16.1. The molecular weight excluding hydrogens is 816 g/mol. The zero-order valence-electron chi connectivity index (χ0n) is 37.2. The highest BCUT2D eigenvalue weighted by Crippen LogP contribution is 2.40. The molecule has 0 saturated heterocycles. The minimum atomic E-state index is -1.66. The van der Waals surface area contributed by atoms with Crippen molar-refractivity contribution in [2.24, 2.45) is 11.3 Å². The molecule has 0 atom stereocenters. The van der Waals surface area contributed by atoms with Crippen molar-refractivity contribution in [2.45, 2.75) is 97.5 Å². The minimum absolute atomic E-state index is 0.0340. The summed E-state index contributed by atoms with van der Waals surface area (Å²) in [6.07, 6.45) is 8.18. The molecule has 0 unspecified atom stereocenters. The molecule has 0 heterocycles. The Balaban J connectivity index is 1.99. The van der Waals surface area contributed by atoms with Crippen LogP contribution in [0.25, 0.3) is 11.1 Å². The predicted octanol–water partition coefficient (Wildman–Crippen LogP) is 8.78. The Morgan fingerprint density at radius 1 is 0.667 bits per heavy atom. The van der Waals surface area contributed by atoms with Gasteiger partial charge in [-0.15, -0.1) is 0 Å². The van der Waals surface area contributed by atoms with E-state index in [1.54, 1.807) is 24.3 Å². The minimum Gasteiger partial charge on any atom is -0.493 e. The van der Waals surface area contributed by atoms with E-state index in [-0.39, 0.29) is 46.1 Å². The zero-order chi connectivity index (χ0) is 46.7. The third-order valence-corrected chi connectivity index (χ3v) is 10.8. The molecule has 1 saturated carbocycles. The molecule has 1 fully saturated rings. The molecule has 0 N–H and O–H groups in total. The van der Waals surface area contributed by atoms with Crippen LogP contribution in [0.1, 0.15) is 102 Å². The monoisotopic (exact) mass is 876 g/mol. The molecule has 63 heavy (non-hydrogen) atoms. The van der Waals surface area contributed by atoms with Gasteiger partial charge >= 0.3 is 35.8 Å². The fourth-order valence-corrected chi connectivity index (χ4v) is 6.89. The van der Waals surface area contributed by atoms with Crippen LogP contribution in [-0.2, 0) is 63.8 Å². The molecule has 0 bridgehead atoms. The van der Waals surface area contributed by atoms with Crippen LogP contribution in [0.15, 0.2) is 85.0 Å². The standard InChI is InChI=1S/C49H61FO13/c1-10-11-12-13-35-14-16-36(17-15-35)37-18-20-41(42(50)25-37)40-21-19-39(24-38(40)26-59-45(53)31(2)3)60-27-49(28-61-46(54)32(4)5,29-62-47(55)33(6)22-43(51)57-8)30-63-48(56)34(7)23-44(52)58-9/h18-21,24-25,35-36H,2,4,6-7,10-17,22-23,26-30H2,1,3,5,8-9H3. The van der Waals surface area contributed by atoms with Gasteiger partial charge in [-0.05, 0) is 80.7 Å². The molecule has 1 aliphatic rings. The Bertz CT molecular complexity index is 1980. The summed E-state index contributed by atoms with van der Waals surface area (Å²) in [5.74, 6) is -4.33. The highest BCUT2D eigenvalue weighted by molar-refractivity contribution is 5.94. The van der Waals surface area contributed by atoms with E-state index in [0.29, 0.717) is 17.0 Å². The summed E-state index contributed by atoms with van der Waals surface area (Å²) in [5.41, 5.74) is 0.0339. The number of rotatable bonds is 25. The van der Waals surface area contributed by atoms with Crippen LogP contribution in [0, 0.1) is 17.2 Å². The van der Waals surface area contributed by atoms with E-state index in [0.717, 1.165) is 45.5 Å². The SMILES string of the molecule is C=C(C)C(=O)OCc1cc(OCC(COC(=O)C(=C)C)(COC(=O)C(=C)CC(=O)OC)COC(=O)C(=C)CC(=O)OC)ccc1-c1ccc(C2CCC(CCCCC)CC2)cc1F. The summed E-state index contributed by atoms with van der Waals surface area (Å²) < 4.78 is 53.6. The Kier molecular flexibility index (Phi) is 20.5. The molecule has 342 valence electrons. The van der Waals surface area contributed by atoms with E-state index in [1.165, 1.54) is 45.6 Å². The second-order valence-corrected chi connectivity index (χ2v) is 16.1. The number of hydrogen-bond acceptors (Lipinski definition) is 13. The first kappa shape index (κ1) is 51.3. The van der Waals surface area contributed by atoms with E-state index in [2.05, 4.69) is 42.7 Å². The summed E-state index contributed by atoms with van der Waals surface area (Å²) in [4.78, 5) is 74.9. The van der Waals surface area contributed by atoms with Crippen LogP contribution in [-0.4, -0.2) is 76.5 Å². The Labute approximate surface area is 369 Å². The Morgan fingerprint density at radius 2 is 1.19 bits per heavy atom. The lowest BCUT2D eigenvalue weighted by molar-refractivity contribution is -0.161. The lowest BCUT2D eigenvalue weighted by Gasteiger charge is -2.32. The summed E-state index contributed by atoms with van der Waals surface area (Å²) >= 11 is 0. The van der Waals surface area contributed by atoms with Gasteiger partial charge in [0.15, 0.2) is 0 Å². The number of ether oxygens (including phenoxy) is 7. The molecule has 14 heteroatoms. The average molecular weight is 877 g/mol. The lowest BCUT2D eigenvalue weighted by Crippen LogP contribution is -2.44. The van der Waals surface area contributed by atoms with Gasteiger partial charge in [0, 0.05) is 33.4 Å². The van der Waals surface area contributed by atoms with Crippen LogP contribution in [0.5, 0.6) is 5.75 Å². The van der Waals surface area contributed by atoms with Crippen molar-refractivity contribution in [1.82, 2.24) is 0 Å². The van der Waals surface area contributed by atoms with Crippen LogP contribution in [0.2, 0.25) is 0 Å². The molecule has 13 nitrogen and oxygen atoms in total. The molecule has 0 amide bonds. The van der Waals surface area contributed by atoms with Gasteiger partial charge < -0.3 is 33.2 Å². The summed E-state index contributed by atoms with van der Waals surface area (Å²) in [5, 5.41) is 0. The van der Waals surface area contributed by atoms with Crippen LogP contribution < -0.4 is 4.74 Å². The molecule has 0 aromatic heterocycles. The topological polar surface area (TPSA) is 167 Å². The maximum Gasteiger partial charge on any atom is 0.334 e. The quantitative estimate of drug-likeness (QED) is 0.0402. The smallest absolute Gasteiger partial charge is 0.334 e. The third kappa shape index (κ3) is 16.3. The maximum atomic E-state index is 16.1. The van der Waals surface area contributed by atoms with Crippen molar-refractivity contribution in [2.75, 3.05) is 40.6 Å². The molecule has 1 aliphatic carbocycles. The first-order chi connectivity index (χ1) is 29.9. The first-order valence-electron chi connectivity index (χ1n) is 21.0. The van der Waals surface area contributed by atoms with E-state index >= 15 is 4.39 Å². The Morgan fingerprint density at radius 3 is 1.70 bits per heavy atom. The molecule has 0 spiro atoms. The number of carbonyl (C=O) groups is 6. The number of esters is 6. The molecule has 0 aliphatic heterocycles. The number of halogens is 1.